The highest BCUT2D eigenvalue weighted by Crippen LogP contribution is 2.19. The Hall–Kier alpha value is -2.08. The number of hydrogen-bond acceptors (Lipinski definition) is 4. The van der Waals surface area contributed by atoms with Crippen LogP contribution in [0.15, 0.2) is 29.1 Å². The van der Waals surface area contributed by atoms with Crippen molar-refractivity contribution in [3.8, 4) is 11.4 Å². The van der Waals surface area contributed by atoms with Crippen molar-refractivity contribution in [1.82, 2.24) is 14.8 Å². The number of ether oxygens (including phenoxy) is 1. The van der Waals surface area contributed by atoms with E-state index in [1.807, 2.05) is 6.07 Å². The van der Waals surface area contributed by atoms with Gasteiger partial charge in [-0.2, -0.15) is 4.68 Å². The van der Waals surface area contributed by atoms with Gasteiger partial charge in [-0.3, -0.25) is 4.98 Å². The summed E-state index contributed by atoms with van der Waals surface area (Å²) in [5.41, 5.74) is 5.66. The molecule has 0 saturated heterocycles. The van der Waals surface area contributed by atoms with Gasteiger partial charge in [0, 0.05) is 0 Å². The number of aromatic nitrogens is 3. The van der Waals surface area contributed by atoms with Crippen molar-refractivity contribution < 1.29 is 4.74 Å². The Morgan fingerprint density at radius 1 is 1.50 bits per heavy atom. The average Bonchev–Trinajstić information content (AvgIpc) is 2.70. The van der Waals surface area contributed by atoms with Crippen molar-refractivity contribution in [2.75, 3.05) is 7.11 Å². The minimum Gasteiger partial charge on any atom is -0.494 e. The zero-order valence-corrected chi connectivity index (χ0v) is 8.80. The van der Waals surface area contributed by atoms with Gasteiger partial charge in [0.25, 0.3) is 0 Å². The molecule has 84 valence electrons. The minimum absolute atomic E-state index is 0.192. The summed E-state index contributed by atoms with van der Waals surface area (Å²) in [5, 5.41) is 4.05. The summed E-state index contributed by atoms with van der Waals surface area (Å²) in [7, 11) is 1.54. The number of hydrogen-bond donors (Lipinski definition) is 2. The molecule has 6 nitrogen and oxygen atoms in total. The molecule has 3 N–H and O–H groups in total. The van der Waals surface area contributed by atoms with Crippen LogP contribution in [0, 0.1) is 0 Å². The van der Waals surface area contributed by atoms with E-state index in [0.717, 1.165) is 0 Å². The summed E-state index contributed by atoms with van der Waals surface area (Å²) in [4.78, 5) is 14.2. The topological polar surface area (TPSA) is 85.9 Å². The zero-order chi connectivity index (χ0) is 11.5. The van der Waals surface area contributed by atoms with Gasteiger partial charge in [-0.05, 0) is 12.1 Å². The Balaban J connectivity index is 2.58. The molecule has 0 aliphatic heterocycles. The van der Waals surface area contributed by atoms with Crippen molar-refractivity contribution in [3.63, 3.8) is 0 Å². The van der Waals surface area contributed by atoms with E-state index in [0.29, 0.717) is 17.3 Å². The van der Waals surface area contributed by atoms with E-state index in [9.17, 15) is 4.79 Å². The highest BCUT2D eigenvalue weighted by molar-refractivity contribution is 5.45. The number of methoxy groups -OCH3 is 1. The molecule has 0 aliphatic rings. The van der Waals surface area contributed by atoms with Crippen molar-refractivity contribution in [2.45, 2.75) is 6.54 Å². The third-order valence-corrected chi connectivity index (χ3v) is 2.17. The van der Waals surface area contributed by atoms with Gasteiger partial charge in [0.1, 0.15) is 17.3 Å². The highest BCUT2D eigenvalue weighted by atomic mass is 16.5. The molecule has 6 heteroatoms. The van der Waals surface area contributed by atoms with Crippen LogP contribution in [0.4, 0.5) is 0 Å². The molecule has 0 amide bonds. The number of nitrogens with one attached hydrogen (secondary N) is 1. The van der Waals surface area contributed by atoms with Crippen LogP contribution in [0.5, 0.6) is 5.75 Å². The predicted molar refractivity (Wildman–Crippen MR) is 58.6 cm³/mol. The maximum Gasteiger partial charge on any atom is 0.348 e. The van der Waals surface area contributed by atoms with Gasteiger partial charge in [-0.15, -0.1) is 5.10 Å². The van der Waals surface area contributed by atoms with E-state index in [2.05, 4.69) is 10.1 Å². The predicted octanol–water partition coefficient (Wildman–Crippen LogP) is 0.0279. The van der Waals surface area contributed by atoms with Gasteiger partial charge in [0.2, 0.25) is 0 Å². The lowest BCUT2D eigenvalue weighted by Gasteiger charge is -2.05. The van der Waals surface area contributed by atoms with Gasteiger partial charge in [-0.1, -0.05) is 12.1 Å². The van der Waals surface area contributed by atoms with Crippen LogP contribution >= 0.6 is 0 Å². The average molecular weight is 220 g/mol. The summed E-state index contributed by atoms with van der Waals surface area (Å²) in [6.45, 7) is 0.192. The number of benzene rings is 1. The van der Waals surface area contributed by atoms with E-state index >= 15 is 0 Å². The largest absolute Gasteiger partial charge is 0.494 e. The van der Waals surface area contributed by atoms with E-state index in [1.54, 1.807) is 25.3 Å². The standard InChI is InChI=1S/C10H12N4O2/c1-16-8-5-3-2-4-7(8)14-10(15)12-9(6-11)13-14/h2-5H,6,11H2,1H3,(H,12,13,15). The number of nitrogens with two attached hydrogens (primary N) is 1. The summed E-state index contributed by atoms with van der Waals surface area (Å²) in [5.74, 6) is 1.02. The number of para-hydroxylation sites is 2. The lowest BCUT2D eigenvalue weighted by molar-refractivity contribution is 0.411. The first kappa shape index (κ1) is 10.4. The van der Waals surface area contributed by atoms with Crippen molar-refractivity contribution in [1.29, 1.82) is 0 Å². The van der Waals surface area contributed by atoms with Crippen LogP contribution in [-0.2, 0) is 6.54 Å². The molecule has 0 aliphatic carbocycles. The van der Waals surface area contributed by atoms with Crippen molar-refractivity contribution in [2.24, 2.45) is 5.73 Å². The molecule has 0 atom stereocenters. The summed E-state index contributed by atoms with van der Waals surface area (Å²) >= 11 is 0. The Labute approximate surface area is 91.7 Å². The zero-order valence-electron chi connectivity index (χ0n) is 8.80. The SMILES string of the molecule is COc1ccccc1-n1nc(CN)[nH]c1=O. The summed E-state index contributed by atoms with van der Waals surface area (Å²) in [6.07, 6.45) is 0. The van der Waals surface area contributed by atoms with E-state index < -0.39 is 0 Å². The first-order valence-corrected chi connectivity index (χ1v) is 4.78. The normalized spacial score (nSPS) is 10.4. The van der Waals surface area contributed by atoms with Gasteiger partial charge < -0.3 is 10.5 Å². The molecule has 2 aromatic rings. The number of aromatic amines is 1. The Morgan fingerprint density at radius 3 is 2.88 bits per heavy atom. The second-order valence-corrected chi connectivity index (χ2v) is 3.16. The fraction of sp³-hybridized carbons (Fsp3) is 0.200. The monoisotopic (exact) mass is 220 g/mol. The third-order valence-electron chi connectivity index (χ3n) is 2.17. The maximum absolute atomic E-state index is 11.6. The molecule has 0 spiro atoms. The first-order valence-electron chi connectivity index (χ1n) is 4.78. The van der Waals surface area contributed by atoms with Gasteiger partial charge >= 0.3 is 5.69 Å². The second kappa shape index (κ2) is 4.19. The Kier molecular flexibility index (Phi) is 2.74. The van der Waals surface area contributed by atoms with Crippen LogP contribution in [0.3, 0.4) is 0 Å². The van der Waals surface area contributed by atoms with Crippen LogP contribution in [-0.4, -0.2) is 21.9 Å². The number of rotatable bonds is 3. The van der Waals surface area contributed by atoms with E-state index in [-0.39, 0.29) is 12.2 Å². The molecule has 0 bridgehead atoms. The number of nitrogens with zero attached hydrogens (tertiary/aromatic N) is 2. The van der Waals surface area contributed by atoms with Crippen LogP contribution in [0.1, 0.15) is 5.82 Å². The lowest BCUT2D eigenvalue weighted by Crippen LogP contribution is -2.16. The fourth-order valence-electron chi connectivity index (χ4n) is 1.43. The minimum atomic E-state index is -0.329. The third kappa shape index (κ3) is 1.70. The van der Waals surface area contributed by atoms with E-state index in [1.165, 1.54) is 4.68 Å². The Bertz CT molecular complexity index is 544. The number of H-pyrrole nitrogens is 1. The molecule has 1 heterocycles. The highest BCUT2D eigenvalue weighted by Gasteiger charge is 2.09. The van der Waals surface area contributed by atoms with Crippen LogP contribution < -0.4 is 16.2 Å². The van der Waals surface area contributed by atoms with Crippen LogP contribution in [0.25, 0.3) is 5.69 Å². The Morgan fingerprint density at radius 2 is 2.25 bits per heavy atom. The second-order valence-electron chi connectivity index (χ2n) is 3.16. The molecule has 0 fully saturated rings. The summed E-state index contributed by atoms with van der Waals surface area (Å²) < 4.78 is 6.39. The van der Waals surface area contributed by atoms with Crippen molar-refractivity contribution in [3.05, 3.63) is 40.6 Å². The quantitative estimate of drug-likeness (QED) is 0.764. The fourth-order valence-corrected chi connectivity index (χ4v) is 1.43. The van der Waals surface area contributed by atoms with Gasteiger partial charge in [0.05, 0.1) is 13.7 Å². The molecule has 0 unspecified atom stereocenters. The molecular weight excluding hydrogens is 208 g/mol. The van der Waals surface area contributed by atoms with E-state index in [4.69, 9.17) is 10.5 Å². The van der Waals surface area contributed by atoms with Crippen LogP contribution in [0.2, 0.25) is 0 Å². The molecule has 2 rings (SSSR count). The maximum atomic E-state index is 11.6. The van der Waals surface area contributed by atoms with Gasteiger partial charge in [-0.25, -0.2) is 4.79 Å². The van der Waals surface area contributed by atoms with Gasteiger partial charge in [0.15, 0.2) is 0 Å². The first-order chi connectivity index (χ1) is 7.76. The van der Waals surface area contributed by atoms with Crippen molar-refractivity contribution >= 4 is 0 Å². The molecule has 16 heavy (non-hydrogen) atoms. The molecule has 0 radical (unpaired) electrons. The smallest absolute Gasteiger partial charge is 0.348 e. The summed E-state index contributed by atoms with van der Waals surface area (Å²) in [6, 6.07) is 7.14. The molecule has 1 aromatic carbocycles. The molecule has 1 aromatic heterocycles. The lowest BCUT2D eigenvalue weighted by atomic mass is 10.3. The molecular formula is C10H12N4O2. The molecule has 0 saturated carbocycles.